The summed E-state index contributed by atoms with van der Waals surface area (Å²) in [7, 11) is 1.62. The molecule has 22 heavy (non-hydrogen) atoms. The number of fused-ring (bicyclic) bond motifs is 1. The number of aromatic nitrogens is 2. The van der Waals surface area contributed by atoms with Gasteiger partial charge in [-0.2, -0.15) is 0 Å². The van der Waals surface area contributed by atoms with Gasteiger partial charge in [-0.25, -0.2) is 4.98 Å². The van der Waals surface area contributed by atoms with Gasteiger partial charge < -0.3 is 14.4 Å². The van der Waals surface area contributed by atoms with Crippen molar-refractivity contribution in [1.82, 2.24) is 9.55 Å². The summed E-state index contributed by atoms with van der Waals surface area (Å²) in [4.78, 5) is 4.64. The second-order valence-corrected chi connectivity index (χ2v) is 5.29. The van der Waals surface area contributed by atoms with E-state index in [1.807, 2.05) is 48.5 Å². The first-order chi connectivity index (χ1) is 10.7. The zero-order chi connectivity index (χ0) is 15.5. The highest BCUT2D eigenvalue weighted by atomic mass is 16.5. The summed E-state index contributed by atoms with van der Waals surface area (Å²) >= 11 is 0. The van der Waals surface area contributed by atoms with Gasteiger partial charge in [0.1, 0.15) is 17.7 Å². The van der Waals surface area contributed by atoms with Gasteiger partial charge in [0.05, 0.1) is 18.1 Å². The van der Waals surface area contributed by atoms with Gasteiger partial charge in [-0.1, -0.05) is 31.2 Å². The van der Waals surface area contributed by atoms with E-state index in [-0.39, 0.29) is 0 Å². The minimum atomic E-state index is -0.769. The van der Waals surface area contributed by atoms with Crippen LogP contribution >= 0.6 is 0 Å². The lowest BCUT2D eigenvalue weighted by Crippen LogP contribution is -2.10. The fourth-order valence-corrected chi connectivity index (χ4v) is 2.72. The van der Waals surface area contributed by atoms with Crippen LogP contribution in [-0.2, 0) is 6.54 Å². The molecule has 0 aliphatic heterocycles. The molecule has 0 amide bonds. The van der Waals surface area contributed by atoms with E-state index in [4.69, 9.17) is 4.74 Å². The Hall–Kier alpha value is -2.33. The average molecular weight is 296 g/mol. The first kappa shape index (κ1) is 14.6. The molecule has 1 N–H and O–H groups in total. The lowest BCUT2D eigenvalue weighted by Gasteiger charge is -2.14. The second-order valence-electron chi connectivity index (χ2n) is 5.29. The molecule has 114 valence electrons. The Balaban J connectivity index is 2.09. The van der Waals surface area contributed by atoms with Crippen LogP contribution in [0.1, 0.15) is 30.8 Å². The van der Waals surface area contributed by atoms with Crippen LogP contribution in [0.25, 0.3) is 11.0 Å². The molecule has 1 atom stereocenters. The quantitative estimate of drug-likeness (QED) is 0.783. The van der Waals surface area contributed by atoms with E-state index in [2.05, 4.69) is 16.5 Å². The molecule has 0 spiro atoms. The topological polar surface area (TPSA) is 47.3 Å². The summed E-state index contributed by atoms with van der Waals surface area (Å²) < 4.78 is 7.34. The van der Waals surface area contributed by atoms with Gasteiger partial charge in [0.15, 0.2) is 0 Å². The molecule has 2 aromatic carbocycles. The molecule has 0 aliphatic carbocycles. The van der Waals surface area contributed by atoms with Crippen molar-refractivity contribution >= 4 is 11.0 Å². The molecule has 3 aromatic rings. The van der Waals surface area contributed by atoms with Gasteiger partial charge in [0.25, 0.3) is 0 Å². The van der Waals surface area contributed by atoms with Gasteiger partial charge in [0, 0.05) is 6.54 Å². The molecule has 0 bridgehead atoms. The predicted octanol–water partition coefficient (Wildman–Crippen LogP) is 3.54. The zero-order valence-corrected chi connectivity index (χ0v) is 12.9. The number of nitrogens with zero attached hydrogens (tertiary/aromatic N) is 2. The maximum Gasteiger partial charge on any atom is 0.143 e. The van der Waals surface area contributed by atoms with Crippen LogP contribution in [0.5, 0.6) is 5.75 Å². The number of ether oxygens (including phenoxy) is 1. The Morgan fingerprint density at radius 1 is 1.18 bits per heavy atom. The average Bonchev–Trinajstić information content (AvgIpc) is 2.93. The summed E-state index contributed by atoms with van der Waals surface area (Å²) in [6.07, 6.45) is 0.215. The van der Waals surface area contributed by atoms with Crippen LogP contribution in [0.15, 0.2) is 48.5 Å². The van der Waals surface area contributed by atoms with Crippen LogP contribution in [0, 0.1) is 0 Å². The summed E-state index contributed by atoms with van der Waals surface area (Å²) in [5.74, 6) is 1.41. The molecular weight excluding hydrogens is 276 g/mol. The van der Waals surface area contributed by atoms with Crippen LogP contribution in [0.3, 0.4) is 0 Å². The Morgan fingerprint density at radius 3 is 2.77 bits per heavy atom. The standard InChI is InChI=1S/C18H20N2O2/c1-3-11-20-16-10-5-4-9-15(16)19-18(20)17(21)13-7-6-8-14(12-13)22-2/h4-10,12,17,21H,3,11H2,1-2H3/t17-/m0/s1. The van der Waals surface area contributed by atoms with E-state index >= 15 is 0 Å². The maximum absolute atomic E-state index is 10.8. The number of para-hydroxylation sites is 2. The number of methoxy groups -OCH3 is 1. The Labute approximate surface area is 130 Å². The van der Waals surface area contributed by atoms with E-state index in [9.17, 15) is 5.11 Å². The molecule has 0 unspecified atom stereocenters. The molecule has 0 aliphatic rings. The number of benzene rings is 2. The third-order valence-corrected chi connectivity index (χ3v) is 3.79. The van der Waals surface area contributed by atoms with Crippen molar-refractivity contribution in [3.05, 3.63) is 59.9 Å². The van der Waals surface area contributed by atoms with Crippen molar-refractivity contribution in [3.63, 3.8) is 0 Å². The van der Waals surface area contributed by atoms with Gasteiger partial charge >= 0.3 is 0 Å². The van der Waals surface area contributed by atoms with Crippen molar-refractivity contribution in [1.29, 1.82) is 0 Å². The highest BCUT2D eigenvalue weighted by molar-refractivity contribution is 5.76. The van der Waals surface area contributed by atoms with Gasteiger partial charge in [0.2, 0.25) is 0 Å². The Morgan fingerprint density at radius 2 is 2.00 bits per heavy atom. The van der Waals surface area contributed by atoms with Crippen molar-refractivity contribution < 1.29 is 9.84 Å². The van der Waals surface area contributed by atoms with Gasteiger partial charge in [-0.15, -0.1) is 0 Å². The predicted molar refractivity (Wildman–Crippen MR) is 87.1 cm³/mol. The van der Waals surface area contributed by atoms with Crippen LogP contribution in [0.2, 0.25) is 0 Å². The fraction of sp³-hybridized carbons (Fsp3) is 0.278. The van der Waals surface area contributed by atoms with Crippen LogP contribution in [-0.4, -0.2) is 21.8 Å². The minimum absolute atomic E-state index is 0.677. The number of hydrogen-bond acceptors (Lipinski definition) is 3. The second kappa shape index (κ2) is 6.20. The molecule has 0 saturated carbocycles. The van der Waals surface area contributed by atoms with Gasteiger partial charge in [-0.05, 0) is 36.2 Å². The smallest absolute Gasteiger partial charge is 0.143 e. The maximum atomic E-state index is 10.8. The molecule has 4 heteroatoms. The first-order valence-corrected chi connectivity index (χ1v) is 7.51. The molecule has 1 aromatic heterocycles. The lowest BCUT2D eigenvalue weighted by molar-refractivity contribution is 0.204. The first-order valence-electron chi connectivity index (χ1n) is 7.51. The number of aliphatic hydroxyl groups is 1. The Kier molecular flexibility index (Phi) is 4.11. The minimum Gasteiger partial charge on any atom is -0.497 e. The molecular formula is C18H20N2O2. The third kappa shape index (κ3) is 2.57. The fourth-order valence-electron chi connectivity index (χ4n) is 2.72. The van der Waals surface area contributed by atoms with Crippen molar-refractivity contribution in [3.8, 4) is 5.75 Å². The van der Waals surface area contributed by atoms with E-state index < -0.39 is 6.10 Å². The largest absolute Gasteiger partial charge is 0.497 e. The molecule has 4 nitrogen and oxygen atoms in total. The van der Waals surface area contributed by atoms with E-state index in [1.165, 1.54) is 0 Å². The number of rotatable bonds is 5. The van der Waals surface area contributed by atoms with Crippen molar-refractivity contribution in [2.24, 2.45) is 0 Å². The van der Waals surface area contributed by atoms with E-state index in [0.717, 1.165) is 35.3 Å². The summed E-state index contributed by atoms with van der Waals surface area (Å²) in [5, 5.41) is 10.8. The normalized spacial score (nSPS) is 12.5. The van der Waals surface area contributed by atoms with Crippen LogP contribution < -0.4 is 4.74 Å². The van der Waals surface area contributed by atoms with Crippen LogP contribution in [0.4, 0.5) is 0 Å². The van der Waals surface area contributed by atoms with E-state index in [1.54, 1.807) is 7.11 Å². The third-order valence-electron chi connectivity index (χ3n) is 3.79. The summed E-state index contributed by atoms with van der Waals surface area (Å²) in [5.41, 5.74) is 2.75. The Bertz CT molecular complexity index is 780. The number of aliphatic hydroxyl groups excluding tert-OH is 1. The SMILES string of the molecule is CCCn1c([C@@H](O)c2cccc(OC)c2)nc2ccccc21. The molecule has 0 saturated heterocycles. The molecule has 0 fully saturated rings. The molecule has 3 rings (SSSR count). The van der Waals surface area contributed by atoms with Gasteiger partial charge in [-0.3, -0.25) is 0 Å². The number of hydrogen-bond donors (Lipinski definition) is 1. The lowest BCUT2D eigenvalue weighted by atomic mass is 10.1. The highest BCUT2D eigenvalue weighted by Gasteiger charge is 2.19. The summed E-state index contributed by atoms with van der Waals surface area (Å²) in [6, 6.07) is 15.5. The number of aryl methyl sites for hydroxylation is 1. The highest BCUT2D eigenvalue weighted by Crippen LogP contribution is 2.27. The molecule has 0 radical (unpaired) electrons. The number of imidazole rings is 1. The zero-order valence-electron chi connectivity index (χ0n) is 12.9. The van der Waals surface area contributed by atoms with Crippen molar-refractivity contribution in [2.75, 3.05) is 7.11 Å². The summed E-state index contributed by atoms with van der Waals surface area (Å²) in [6.45, 7) is 2.95. The van der Waals surface area contributed by atoms with E-state index in [0.29, 0.717) is 5.82 Å². The monoisotopic (exact) mass is 296 g/mol. The van der Waals surface area contributed by atoms with Crippen molar-refractivity contribution in [2.45, 2.75) is 26.0 Å². The molecule has 1 heterocycles.